The summed E-state index contributed by atoms with van der Waals surface area (Å²) in [5, 5.41) is 12.2. The Kier molecular flexibility index (Phi) is 5.51. The Morgan fingerprint density at radius 3 is 2.79 bits per heavy atom. The molecule has 1 heterocycles. The van der Waals surface area contributed by atoms with Crippen molar-refractivity contribution < 1.29 is 14.3 Å². The maximum Gasteiger partial charge on any atom is 0.257 e. The highest BCUT2D eigenvalue weighted by molar-refractivity contribution is 7.98. The Balaban J connectivity index is 1.69. The summed E-state index contributed by atoms with van der Waals surface area (Å²) in [5.74, 6) is 0.466. The number of hydrogen-bond donors (Lipinski definition) is 2. The molecule has 0 aliphatic heterocycles. The van der Waals surface area contributed by atoms with E-state index in [0.29, 0.717) is 29.5 Å². The number of fused-ring (bicyclic) bond motifs is 1. The number of aromatic nitrogens is 1. The number of aliphatic hydroxyl groups is 1. The summed E-state index contributed by atoms with van der Waals surface area (Å²) in [7, 11) is 0. The van der Waals surface area contributed by atoms with Gasteiger partial charge in [0.1, 0.15) is 5.52 Å². The van der Waals surface area contributed by atoms with E-state index in [0.717, 1.165) is 16.7 Å². The summed E-state index contributed by atoms with van der Waals surface area (Å²) < 4.78 is 5.69. The van der Waals surface area contributed by atoms with Crippen LogP contribution in [0.1, 0.15) is 22.3 Å². The van der Waals surface area contributed by atoms with Crippen LogP contribution < -0.4 is 5.32 Å². The molecule has 0 radical (unpaired) electrons. The molecular weight excluding hydrogens is 324 g/mol. The van der Waals surface area contributed by atoms with E-state index < -0.39 is 0 Å². The molecule has 1 aromatic heterocycles. The minimum absolute atomic E-state index is 0.0650. The van der Waals surface area contributed by atoms with Crippen LogP contribution in [0.15, 0.2) is 58.2 Å². The monoisotopic (exact) mass is 342 g/mol. The third-order valence-corrected chi connectivity index (χ3v) is 4.38. The van der Waals surface area contributed by atoms with E-state index in [4.69, 9.17) is 9.52 Å². The van der Waals surface area contributed by atoms with E-state index in [1.54, 1.807) is 6.07 Å². The van der Waals surface area contributed by atoms with Gasteiger partial charge in [-0.15, -0.1) is 0 Å². The second-order valence-electron chi connectivity index (χ2n) is 5.23. The number of hydrogen-bond acceptors (Lipinski definition) is 5. The molecule has 0 fully saturated rings. The molecule has 0 saturated carbocycles. The van der Waals surface area contributed by atoms with Crippen LogP contribution in [-0.4, -0.2) is 29.1 Å². The van der Waals surface area contributed by atoms with E-state index >= 15 is 0 Å². The molecule has 0 aliphatic rings. The maximum atomic E-state index is 12.3. The summed E-state index contributed by atoms with van der Waals surface area (Å²) in [4.78, 5) is 16.7. The van der Waals surface area contributed by atoms with Gasteiger partial charge in [0.05, 0.1) is 0 Å². The first-order valence-corrected chi connectivity index (χ1v) is 8.72. The second kappa shape index (κ2) is 7.99. The average molecular weight is 342 g/mol. The highest BCUT2D eigenvalue weighted by atomic mass is 32.2. The molecule has 1 amide bonds. The van der Waals surface area contributed by atoms with E-state index in [1.807, 2.05) is 42.5 Å². The Morgan fingerprint density at radius 2 is 1.96 bits per heavy atom. The van der Waals surface area contributed by atoms with Crippen molar-refractivity contribution in [1.82, 2.24) is 10.3 Å². The zero-order valence-corrected chi connectivity index (χ0v) is 13.9. The quantitative estimate of drug-likeness (QED) is 0.509. The van der Waals surface area contributed by atoms with Gasteiger partial charge in [0.2, 0.25) is 0 Å². The van der Waals surface area contributed by atoms with Crippen LogP contribution in [0.4, 0.5) is 0 Å². The molecule has 124 valence electrons. The predicted molar refractivity (Wildman–Crippen MR) is 94.0 cm³/mol. The van der Waals surface area contributed by atoms with Crippen LogP contribution in [0, 0.1) is 0 Å². The molecular formula is C18H18N2O3S. The lowest BCUT2D eigenvalue weighted by Crippen LogP contribution is -2.25. The topological polar surface area (TPSA) is 75.4 Å². The zero-order chi connectivity index (χ0) is 16.8. The van der Waals surface area contributed by atoms with Crippen LogP contribution >= 0.6 is 11.8 Å². The number of oxazole rings is 1. The lowest BCUT2D eigenvalue weighted by Gasteiger charge is -2.09. The van der Waals surface area contributed by atoms with Gasteiger partial charge in [0.25, 0.3) is 11.1 Å². The van der Waals surface area contributed by atoms with Gasteiger partial charge in [0, 0.05) is 24.5 Å². The highest BCUT2D eigenvalue weighted by Gasteiger charge is 2.12. The fourth-order valence-electron chi connectivity index (χ4n) is 2.30. The van der Waals surface area contributed by atoms with Crippen LogP contribution in [0.5, 0.6) is 0 Å². The zero-order valence-electron chi connectivity index (χ0n) is 13.1. The minimum Gasteiger partial charge on any atom is -0.431 e. The lowest BCUT2D eigenvalue weighted by molar-refractivity contribution is 0.0950. The van der Waals surface area contributed by atoms with E-state index in [1.165, 1.54) is 11.8 Å². The summed E-state index contributed by atoms with van der Waals surface area (Å²) in [6, 6.07) is 15.1. The van der Waals surface area contributed by atoms with Gasteiger partial charge in [-0.2, -0.15) is 0 Å². The molecule has 0 spiro atoms. The lowest BCUT2D eigenvalue weighted by atomic mass is 10.1. The molecule has 24 heavy (non-hydrogen) atoms. The van der Waals surface area contributed by atoms with Gasteiger partial charge in [0.15, 0.2) is 5.58 Å². The Bertz CT molecular complexity index is 799. The van der Waals surface area contributed by atoms with E-state index in [2.05, 4.69) is 10.3 Å². The number of carbonyl (C=O) groups is 1. The first-order valence-electron chi connectivity index (χ1n) is 7.73. The number of aliphatic hydroxyl groups excluding tert-OH is 1. The molecule has 0 saturated heterocycles. The van der Waals surface area contributed by atoms with Gasteiger partial charge >= 0.3 is 0 Å². The summed E-state index contributed by atoms with van der Waals surface area (Å²) >= 11 is 1.46. The smallest absolute Gasteiger partial charge is 0.257 e. The molecule has 3 rings (SSSR count). The van der Waals surface area contributed by atoms with Crippen molar-refractivity contribution in [3.63, 3.8) is 0 Å². The largest absolute Gasteiger partial charge is 0.431 e. The SMILES string of the molecule is O=C(NCCCO)c1ccccc1CSc1nc2ccccc2o1. The third-order valence-electron chi connectivity index (χ3n) is 3.51. The minimum atomic E-state index is -0.128. The maximum absolute atomic E-state index is 12.3. The van der Waals surface area contributed by atoms with Crippen LogP contribution in [0.2, 0.25) is 0 Å². The average Bonchev–Trinajstić information content (AvgIpc) is 3.03. The Morgan fingerprint density at radius 1 is 1.17 bits per heavy atom. The van der Waals surface area contributed by atoms with Crippen LogP contribution in [0.3, 0.4) is 0 Å². The number of carbonyl (C=O) groups excluding carboxylic acids is 1. The number of amides is 1. The number of para-hydroxylation sites is 2. The van der Waals surface area contributed by atoms with Crippen molar-refractivity contribution in [2.24, 2.45) is 0 Å². The number of nitrogens with zero attached hydrogens (tertiary/aromatic N) is 1. The summed E-state index contributed by atoms with van der Waals surface area (Å²) in [6.07, 6.45) is 0.547. The van der Waals surface area contributed by atoms with Crippen molar-refractivity contribution in [1.29, 1.82) is 0 Å². The highest BCUT2D eigenvalue weighted by Crippen LogP contribution is 2.27. The molecule has 0 unspecified atom stereocenters. The fourth-order valence-corrected chi connectivity index (χ4v) is 3.14. The van der Waals surface area contributed by atoms with E-state index in [-0.39, 0.29) is 12.5 Å². The number of rotatable bonds is 7. The van der Waals surface area contributed by atoms with Gasteiger partial charge in [-0.1, -0.05) is 42.1 Å². The third kappa shape index (κ3) is 3.96. The normalized spacial score (nSPS) is 10.9. The van der Waals surface area contributed by atoms with Crippen LogP contribution in [-0.2, 0) is 5.75 Å². The molecule has 3 aromatic rings. The second-order valence-corrected chi connectivity index (χ2v) is 6.15. The first kappa shape index (κ1) is 16.5. The molecule has 6 heteroatoms. The van der Waals surface area contributed by atoms with Gasteiger partial charge < -0.3 is 14.8 Å². The molecule has 2 aromatic carbocycles. The molecule has 2 N–H and O–H groups in total. The summed E-state index contributed by atoms with van der Waals surface area (Å²) in [6.45, 7) is 0.525. The number of benzene rings is 2. The van der Waals surface area contributed by atoms with Gasteiger partial charge in [-0.05, 0) is 30.2 Å². The van der Waals surface area contributed by atoms with Crippen molar-refractivity contribution in [3.05, 3.63) is 59.7 Å². The van der Waals surface area contributed by atoms with Gasteiger partial charge in [-0.3, -0.25) is 4.79 Å². The Hall–Kier alpha value is -2.31. The van der Waals surface area contributed by atoms with Crippen molar-refractivity contribution in [2.75, 3.05) is 13.2 Å². The van der Waals surface area contributed by atoms with Crippen molar-refractivity contribution >= 4 is 28.8 Å². The molecule has 0 atom stereocenters. The van der Waals surface area contributed by atoms with Crippen molar-refractivity contribution in [2.45, 2.75) is 17.4 Å². The summed E-state index contributed by atoms with van der Waals surface area (Å²) in [5.41, 5.74) is 3.15. The number of nitrogens with one attached hydrogen (secondary N) is 1. The van der Waals surface area contributed by atoms with Crippen LogP contribution in [0.25, 0.3) is 11.1 Å². The van der Waals surface area contributed by atoms with E-state index in [9.17, 15) is 4.79 Å². The molecule has 0 aliphatic carbocycles. The predicted octanol–water partition coefficient (Wildman–Crippen LogP) is 3.23. The fraction of sp³-hybridized carbons (Fsp3) is 0.222. The van der Waals surface area contributed by atoms with Crippen molar-refractivity contribution in [3.8, 4) is 0 Å². The standard InChI is InChI=1S/C18H18N2O3S/c21-11-5-10-19-17(22)14-7-2-1-6-13(14)12-24-18-20-15-8-3-4-9-16(15)23-18/h1-4,6-9,21H,5,10-12H2,(H,19,22). The Labute approximate surface area is 144 Å². The first-order chi connectivity index (χ1) is 11.8. The molecule has 5 nitrogen and oxygen atoms in total. The number of thioether (sulfide) groups is 1. The van der Waals surface area contributed by atoms with Gasteiger partial charge in [-0.25, -0.2) is 4.98 Å². The molecule has 0 bridgehead atoms.